The van der Waals surface area contributed by atoms with E-state index in [2.05, 4.69) is 17.2 Å². The maximum Gasteiger partial charge on any atom is 0.325 e. The van der Waals surface area contributed by atoms with E-state index in [1.54, 1.807) is 23.4 Å². The number of carbonyl (C=O) groups excluding carboxylic acids is 2. The first-order valence-corrected chi connectivity index (χ1v) is 7.62. The van der Waals surface area contributed by atoms with Crippen molar-refractivity contribution in [1.29, 1.82) is 0 Å². The Morgan fingerprint density at radius 3 is 2.81 bits per heavy atom. The van der Waals surface area contributed by atoms with Crippen LogP contribution in [0.15, 0.2) is 18.5 Å². The van der Waals surface area contributed by atoms with Crippen molar-refractivity contribution < 1.29 is 9.59 Å². The van der Waals surface area contributed by atoms with Gasteiger partial charge in [0.25, 0.3) is 5.91 Å². The summed E-state index contributed by atoms with van der Waals surface area (Å²) >= 11 is 6.13. The van der Waals surface area contributed by atoms with E-state index < -0.39 is 5.54 Å². The Hall–Kier alpha value is -1.62. The topological polar surface area (TPSA) is 62.3 Å². The molecule has 0 aromatic carbocycles. The molecule has 112 valence electrons. The molecule has 2 fully saturated rings. The standard InChI is InChI=1S/C15H18ClN3O2/c1-10-2-5-15(6-3-10)13(20)18-14(21)19(15)9-11-4-7-17-8-12(11)16/h4,7-8,10H,2-3,5-6,9H2,1H3,(H,18,20,21). The van der Waals surface area contributed by atoms with Crippen molar-refractivity contribution in [2.75, 3.05) is 0 Å². The molecule has 1 aromatic heterocycles. The number of amides is 3. The molecule has 3 rings (SSSR count). The molecule has 2 heterocycles. The van der Waals surface area contributed by atoms with Crippen LogP contribution in [0, 0.1) is 5.92 Å². The summed E-state index contributed by atoms with van der Waals surface area (Å²) in [6.07, 6.45) is 6.56. The van der Waals surface area contributed by atoms with E-state index in [1.807, 2.05) is 0 Å². The number of rotatable bonds is 2. The second-order valence-electron chi connectivity index (χ2n) is 6.03. The van der Waals surface area contributed by atoms with Crippen LogP contribution >= 0.6 is 11.6 Å². The largest absolute Gasteiger partial charge is 0.325 e. The molecule has 0 atom stereocenters. The molecule has 1 aliphatic heterocycles. The number of imide groups is 1. The maximum absolute atomic E-state index is 12.3. The molecule has 1 saturated carbocycles. The molecule has 3 amide bonds. The predicted octanol–water partition coefficient (Wildman–Crippen LogP) is 2.74. The van der Waals surface area contributed by atoms with E-state index >= 15 is 0 Å². The average Bonchev–Trinajstić information content (AvgIpc) is 2.68. The molecular weight excluding hydrogens is 290 g/mol. The smallest absolute Gasteiger partial charge is 0.305 e. The Bertz CT molecular complexity index is 582. The highest BCUT2D eigenvalue weighted by Crippen LogP contribution is 2.40. The molecule has 1 saturated heterocycles. The van der Waals surface area contributed by atoms with Crippen molar-refractivity contribution in [3.05, 3.63) is 29.0 Å². The number of halogens is 1. The van der Waals surface area contributed by atoms with Gasteiger partial charge in [-0.15, -0.1) is 0 Å². The molecule has 2 aliphatic rings. The summed E-state index contributed by atoms with van der Waals surface area (Å²) in [5.74, 6) is 0.440. The van der Waals surface area contributed by atoms with Gasteiger partial charge < -0.3 is 4.90 Å². The zero-order chi connectivity index (χ0) is 15.0. The van der Waals surface area contributed by atoms with Gasteiger partial charge in [-0.3, -0.25) is 15.1 Å². The van der Waals surface area contributed by atoms with E-state index in [9.17, 15) is 9.59 Å². The summed E-state index contributed by atoms with van der Waals surface area (Å²) in [5.41, 5.74) is 0.116. The first kappa shape index (κ1) is 14.3. The van der Waals surface area contributed by atoms with Gasteiger partial charge in [-0.05, 0) is 43.2 Å². The maximum atomic E-state index is 12.3. The van der Waals surface area contributed by atoms with Gasteiger partial charge >= 0.3 is 6.03 Å². The highest BCUT2D eigenvalue weighted by molar-refractivity contribution is 6.31. The second-order valence-corrected chi connectivity index (χ2v) is 6.43. The van der Waals surface area contributed by atoms with Gasteiger partial charge in [0.15, 0.2) is 0 Å². The number of nitrogens with zero attached hydrogens (tertiary/aromatic N) is 2. The fourth-order valence-corrected chi connectivity index (χ4v) is 3.44. The van der Waals surface area contributed by atoms with Crippen LogP contribution in [-0.2, 0) is 11.3 Å². The van der Waals surface area contributed by atoms with Crippen LogP contribution in [0.25, 0.3) is 0 Å². The highest BCUT2D eigenvalue weighted by Gasteiger charge is 2.53. The monoisotopic (exact) mass is 307 g/mol. The van der Waals surface area contributed by atoms with Gasteiger partial charge in [0.2, 0.25) is 0 Å². The summed E-state index contributed by atoms with van der Waals surface area (Å²) in [6, 6.07) is 1.47. The molecule has 1 aromatic rings. The van der Waals surface area contributed by atoms with Crippen LogP contribution in [0.2, 0.25) is 5.02 Å². The van der Waals surface area contributed by atoms with Crippen LogP contribution < -0.4 is 5.32 Å². The van der Waals surface area contributed by atoms with Gasteiger partial charge in [0.05, 0.1) is 11.6 Å². The fourth-order valence-electron chi connectivity index (χ4n) is 3.26. The van der Waals surface area contributed by atoms with Crippen molar-refractivity contribution in [3.8, 4) is 0 Å². The molecule has 0 radical (unpaired) electrons. The minimum Gasteiger partial charge on any atom is -0.305 e. The van der Waals surface area contributed by atoms with Gasteiger partial charge in [-0.2, -0.15) is 0 Å². The number of aromatic nitrogens is 1. The van der Waals surface area contributed by atoms with Gasteiger partial charge in [0.1, 0.15) is 5.54 Å². The number of carbonyl (C=O) groups is 2. The fraction of sp³-hybridized carbons (Fsp3) is 0.533. The third-order valence-corrected chi connectivity index (χ3v) is 5.03. The lowest BCUT2D eigenvalue weighted by molar-refractivity contribution is -0.128. The van der Waals surface area contributed by atoms with E-state index in [0.29, 0.717) is 30.3 Å². The van der Waals surface area contributed by atoms with E-state index in [0.717, 1.165) is 18.4 Å². The van der Waals surface area contributed by atoms with Gasteiger partial charge in [0, 0.05) is 12.4 Å². The van der Waals surface area contributed by atoms with Gasteiger partial charge in [-0.25, -0.2) is 4.79 Å². The van der Waals surface area contributed by atoms with Gasteiger partial charge in [-0.1, -0.05) is 18.5 Å². The van der Waals surface area contributed by atoms with Crippen molar-refractivity contribution in [2.45, 2.75) is 44.7 Å². The summed E-state index contributed by atoms with van der Waals surface area (Å²) in [4.78, 5) is 30.1. The Kier molecular flexibility index (Phi) is 3.61. The number of urea groups is 1. The third-order valence-electron chi connectivity index (χ3n) is 4.69. The number of pyridine rings is 1. The summed E-state index contributed by atoms with van der Waals surface area (Å²) < 4.78 is 0. The quantitative estimate of drug-likeness (QED) is 0.855. The molecule has 0 unspecified atom stereocenters. The molecule has 1 N–H and O–H groups in total. The predicted molar refractivity (Wildman–Crippen MR) is 78.7 cm³/mol. The van der Waals surface area contributed by atoms with Crippen LogP contribution in [0.1, 0.15) is 38.2 Å². The van der Waals surface area contributed by atoms with Crippen LogP contribution in [0.4, 0.5) is 4.79 Å². The third kappa shape index (κ3) is 2.39. The van der Waals surface area contributed by atoms with Crippen molar-refractivity contribution >= 4 is 23.5 Å². The summed E-state index contributed by atoms with van der Waals surface area (Å²) in [7, 11) is 0. The molecule has 6 heteroatoms. The zero-order valence-electron chi connectivity index (χ0n) is 11.9. The average molecular weight is 308 g/mol. The molecule has 0 bridgehead atoms. The Labute approximate surface area is 128 Å². The lowest BCUT2D eigenvalue weighted by Crippen LogP contribution is -2.51. The Morgan fingerprint density at radius 1 is 1.43 bits per heavy atom. The minimum atomic E-state index is -0.698. The Morgan fingerprint density at radius 2 is 2.14 bits per heavy atom. The highest BCUT2D eigenvalue weighted by atomic mass is 35.5. The normalized spacial score (nSPS) is 29.0. The van der Waals surface area contributed by atoms with Crippen LogP contribution in [0.3, 0.4) is 0 Å². The lowest BCUT2D eigenvalue weighted by atomic mass is 9.76. The second kappa shape index (κ2) is 5.30. The Balaban J connectivity index is 1.90. The first-order valence-electron chi connectivity index (χ1n) is 7.24. The van der Waals surface area contributed by atoms with E-state index in [4.69, 9.17) is 11.6 Å². The molecule has 21 heavy (non-hydrogen) atoms. The number of nitrogens with one attached hydrogen (secondary N) is 1. The van der Waals surface area contributed by atoms with Crippen molar-refractivity contribution in [2.24, 2.45) is 5.92 Å². The zero-order valence-corrected chi connectivity index (χ0v) is 12.7. The summed E-state index contributed by atoms with van der Waals surface area (Å²) in [6.45, 7) is 2.53. The molecule has 1 spiro atoms. The number of hydrogen-bond acceptors (Lipinski definition) is 3. The molecule has 1 aliphatic carbocycles. The molecular formula is C15H18ClN3O2. The SMILES string of the molecule is CC1CCC2(CC1)C(=O)NC(=O)N2Cc1ccncc1Cl. The number of hydrogen-bond donors (Lipinski definition) is 1. The lowest BCUT2D eigenvalue weighted by Gasteiger charge is -2.40. The van der Waals surface area contributed by atoms with Crippen LogP contribution in [0.5, 0.6) is 0 Å². The van der Waals surface area contributed by atoms with Crippen molar-refractivity contribution in [1.82, 2.24) is 15.2 Å². The molecule has 5 nitrogen and oxygen atoms in total. The van der Waals surface area contributed by atoms with E-state index in [-0.39, 0.29) is 11.9 Å². The summed E-state index contributed by atoms with van der Waals surface area (Å²) in [5, 5.41) is 2.99. The van der Waals surface area contributed by atoms with E-state index in [1.165, 1.54) is 0 Å². The van der Waals surface area contributed by atoms with Crippen LogP contribution in [-0.4, -0.2) is 27.4 Å². The minimum absolute atomic E-state index is 0.162. The first-order chi connectivity index (χ1) is 10.0. The van der Waals surface area contributed by atoms with Crippen molar-refractivity contribution in [3.63, 3.8) is 0 Å².